The van der Waals surface area contributed by atoms with E-state index in [9.17, 15) is 19.5 Å². The van der Waals surface area contributed by atoms with E-state index < -0.39 is 42.0 Å². The van der Waals surface area contributed by atoms with Gasteiger partial charge < -0.3 is 30.0 Å². The fourth-order valence-corrected chi connectivity index (χ4v) is 4.83. The lowest BCUT2D eigenvalue weighted by atomic mass is 9.94. The Morgan fingerprint density at radius 3 is 2.52 bits per heavy atom. The minimum atomic E-state index is -0.933. The third kappa shape index (κ3) is 8.30. The molecule has 0 aromatic heterocycles. The maximum Gasteiger partial charge on any atom is 0.310 e. The first-order valence-corrected chi connectivity index (χ1v) is 13.6. The van der Waals surface area contributed by atoms with E-state index in [2.05, 4.69) is 10.6 Å². The Morgan fingerprint density at radius 2 is 1.88 bits per heavy atom. The highest BCUT2D eigenvalue weighted by molar-refractivity contribution is 6.32. The van der Waals surface area contributed by atoms with Crippen LogP contribution in [0.1, 0.15) is 37.5 Å². The average Bonchev–Trinajstić information content (AvgIpc) is 3.24. The van der Waals surface area contributed by atoms with Crippen LogP contribution in [0.15, 0.2) is 60.7 Å². The van der Waals surface area contributed by atoms with Crippen LogP contribution < -0.4 is 15.4 Å². The monoisotopic (exact) mass is 572 g/mol. The predicted molar refractivity (Wildman–Crippen MR) is 151 cm³/mol. The summed E-state index contributed by atoms with van der Waals surface area (Å²) < 4.78 is 16.0. The fourth-order valence-electron chi connectivity index (χ4n) is 4.55. The molecule has 6 atom stereocenters. The standard InChI is InChI=1S/C30H37ClN2O7/c1-18(30(37)39-4)17-32-29(36)23(16-20-13-14-25(38-3)22(31)15-20)33-26(34)12-8-11-24-19(2)27(35)28(40-24)21-9-6-5-7-10-21/h5-10,12-15,18-19,23-24,27-28,35H,11,16-17H2,1-4H3,(H,32,36)(H,33,34)/b12-8+/t18-,19+,23-,24+,27-,28+/m1/s1. The molecule has 0 saturated carbocycles. The van der Waals surface area contributed by atoms with Crippen LogP contribution in [-0.2, 0) is 30.3 Å². The number of methoxy groups -OCH3 is 2. The topological polar surface area (TPSA) is 123 Å². The van der Waals surface area contributed by atoms with E-state index in [0.29, 0.717) is 22.8 Å². The van der Waals surface area contributed by atoms with Gasteiger partial charge >= 0.3 is 5.97 Å². The van der Waals surface area contributed by atoms with Crippen molar-refractivity contribution in [3.05, 3.63) is 76.8 Å². The van der Waals surface area contributed by atoms with Gasteiger partial charge in [-0.1, -0.05) is 67.9 Å². The largest absolute Gasteiger partial charge is 0.495 e. The number of hydrogen-bond acceptors (Lipinski definition) is 7. The smallest absolute Gasteiger partial charge is 0.310 e. The molecular weight excluding hydrogens is 536 g/mol. The Balaban J connectivity index is 1.64. The number of nitrogens with one attached hydrogen (secondary N) is 2. The van der Waals surface area contributed by atoms with Crippen molar-refractivity contribution in [2.24, 2.45) is 11.8 Å². The van der Waals surface area contributed by atoms with Gasteiger partial charge in [-0.15, -0.1) is 0 Å². The summed E-state index contributed by atoms with van der Waals surface area (Å²) in [6, 6.07) is 13.7. The summed E-state index contributed by atoms with van der Waals surface area (Å²) >= 11 is 6.25. The second-order valence-corrected chi connectivity index (χ2v) is 10.3. The van der Waals surface area contributed by atoms with Gasteiger partial charge in [-0.3, -0.25) is 14.4 Å². The Hall–Kier alpha value is -3.40. The Kier molecular flexibility index (Phi) is 11.5. The molecule has 0 radical (unpaired) electrons. The van der Waals surface area contributed by atoms with Crippen LogP contribution in [0.3, 0.4) is 0 Å². The maximum atomic E-state index is 13.0. The number of carbonyl (C=O) groups excluding carboxylic acids is 3. The summed E-state index contributed by atoms with van der Waals surface area (Å²) in [6.45, 7) is 3.61. The number of aliphatic hydroxyl groups excluding tert-OH is 1. The summed E-state index contributed by atoms with van der Waals surface area (Å²) in [4.78, 5) is 37.6. The third-order valence-electron chi connectivity index (χ3n) is 7.00. The molecule has 1 fully saturated rings. The van der Waals surface area contributed by atoms with Gasteiger partial charge in [-0.05, 0) is 35.8 Å². The number of hydrogen-bond donors (Lipinski definition) is 3. The van der Waals surface area contributed by atoms with E-state index >= 15 is 0 Å². The highest BCUT2D eigenvalue weighted by Crippen LogP contribution is 2.38. The molecule has 0 aliphatic carbocycles. The molecule has 1 aliphatic heterocycles. The van der Waals surface area contributed by atoms with Crippen LogP contribution in [0.2, 0.25) is 5.02 Å². The minimum Gasteiger partial charge on any atom is -0.495 e. The maximum absolute atomic E-state index is 13.0. The minimum absolute atomic E-state index is 0.0545. The first-order valence-electron chi connectivity index (χ1n) is 13.2. The molecule has 0 bridgehead atoms. The van der Waals surface area contributed by atoms with Gasteiger partial charge in [-0.2, -0.15) is 0 Å². The molecule has 3 rings (SSSR count). The van der Waals surface area contributed by atoms with E-state index in [1.807, 2.05) is 37.3 Å². The normalized spacial score (nSPS) is 21.9. The highest BCUT2D eigenvalue weighted by atomic mass is 35.5. The number of benzene rings is 2. The summed E-state index contributed by atoms with van der Waals surface area (Å²) in [6.07, 6.45) is 2.24. The predicted octanol–water partition coefficient (Wildman–Crippen LogP) is 3.38. The van der Waals surface area contributed by atoms with Crippen molar-refractivity contribution < 1.29 is 33.7 Å². The van der Waals surface area contributed by atoms with E-state index in [1.165, 1.54) is 20.3 Å². The first-order chi connectivity index (χ1) is 19.1. The van der Waals surface area contributed by atoms with Crippen molar-refractivity contribution in [1.29, 1.82) is 0 Å². The van der Waals surface area contributed by atoms with E-state index in [-0.39, 0.29) is 25.0 Å². The Morgan fingerprint density at radius 1 is 1.15 bits per heavy atom. The highest BCUT2D eigenvalue weighted by Gasteiger charge is 2.40. The van der Waals surface area contributed by atoms with Gasteiger partial charge in [0.05, 0.1) is 37.4 Å². The molecule has 1 heterocycles. The van der Waals surface area contributed by atoms with Gasteiger partial charge in [0.15, 0.2) is 0 Å². The van der Waals surface area contributed by atoms with Crippen molar-refractivity contribution in [2.75, 3.05) is 20.8 Å². The number of rotatable bonds is 12. The molecule has 1 saturated heterocycles. The first kappa shape index (κ1) is 31.1. The summed E-state index contributed by atoms with van der Waals surface area (Å²) in [5.74, 6) is -1.56. The van der Waals surface area contributed by atoms with E-state index in [0.717, 1.165) is 5.56 Å². The van der Waals surface area contributed by atoms with Gasteiger partial charge in [0.1, 0.15) is 17.9 Å². The lowest BCUT2D eigenvalue weighted by Gasteiger charge is -2.19. The van der Waals surface area contributed by atoms with Crippen LogP contribution in [0.5, 0.6) is 5.75 Å². The number of amides is 2. The summed E-state index contributed by atoms with van der Waals surface area (Å²) in [7, 11) is 2.79. The van der Waals surface area contributed by atoms with Crippen molar-refractivity contribution in [1.82, 2.24) is 10.6 Å². The zero-order valence-corrected chi connectivity index (χ0v) is 23.9. The van der Waals surface area contributed by atoms with Crippen LogP contribution in [0.4, 0.5) is 0 Å². The molecule has 216 valence electrons. The Labute approximate surface area is 239 Å². The number of carbonyl (C=O) groups is 3. The molecule has 1 aliphatic rings. The van der Waals surface area contributed by atoms with Crippen molar-refractivity contribution in [3.63, 3.8) is 0 Å². The number of halogens is 1. The quantitative estimate of drug-likeness (QED) is 0.263. The average molecular weight is 573 g/mol. The molecule has 2 aromatic carbocycles. The molecule has 2 amide bonds. The lowest BCUT2D eigenvalue weighted by Crippen LogP contribution is -2.49. The second kappa shape index (κ2) is 14.8. The molecule has 2 aromatic rings. The van der Waals surface area contributed by atoms with Crippen molar-refractivity contribution in [2.45, 2.75) is 51.0 Å². The van der Waals surface area contributed by atoms with Crippen LogP contribution in [0.25, 0.3) is 0 Å². The van der Waals surface area contributed by atoms with E-state index in [4.69, 9.17) is 25.8 Å². The second-order valence-electron chi connectivity index (χ2n) is 9.90. The lowest BCUT2D eigenvalue weighted by molar-refractivity contribution is -0.144. The third-order valence-corrected chi connectivity index (χ3v) is 7.29. The van der Waals surface area contributed by atoms with Gasteiger partial charge in [0, 0.05) is 18.9 Å². The van der Waals surface area contributed by atoms with Crippen LogP contribution >= 0.6 is 11.6 Å². The summed E-state index contributed by atoms with van der Waals surface area (Å²) in [5, 5.41) is 16.5. The van der Waals surface area contributed by atoms with Gasteiger partial charge in [-0.25, -0.2) is 0 Å². The molecule has 40 heavy (non-hydrogen) atoms. The van der Waals surface area contributed by atoms with Crippen molar-refractivity contribution in [3.8, 4) is 5.75 Å². The molecule has 0 unspecified atom stereocenters. The van der Waals surface area contributed by atoms with Crippen LogP contribution in [-0.4, -0.2) is 61.9 Å². The molecule has 9 nitrogen and oxygen atoms in total. The van der Waals surface area contributed by atoms with Gasteiger partial charge in [0.2, 0.25) is 11.8 Å². The zero-order chi connectivity index (χ0) is 29.2. The molecule has 0 spiro atoms. The van der Waals surface area contributed by atoms with Crippen molar-refractivity contribution >= 4 is 29.4 Å². The number of aliphatic hydroxyl groups is 1. The summed E-state index contributed by atoms with van der Waals surface area (Å²) in [5.41, 5.74) is 1.62. The molecular formula is C30H37ClN2O7. The van der Waals surface area contributed by atoms with E-state index in [1.54, 1.807) is 31.2 Å². The van der Waals surface area contributed by atoms with Gasteiger partial charge in [0.25, 0.3) is 0 Å². The number of ether oxygens (including phenoxy) is 3. The molecule has 10 heteroatoms. The van der Waals surface area contributed by atoms with Crippen LogP contribution in [0, 0.1) is 11.8 Å². The zero-order valence-electron chi connectivity index (χ0n) is 23.1. The SMILES string of the molecule is COC(=O)[C@H](C)CNC(=O)[C@@H](Cc1ccc(OC)c(Cl)c1)NC(=O)/C=C/C[C@@H]1O[C@@H](c2ccccc2)[C@H](O)[C@H]1C. The molecule has 3 N–H and O–H groups in total. The fraction of sp³-hybridized carbons (Fsp3) is 0.433. The number of esters is 1. The Bertz CT molecular complexity index is 1190.